The number of carbonyl (C=O) groups excluding carboxylic acids is 1. The lowest BCUT2D eigenvalue weighted by Crippen LogP contribution is -2.42. The van der Waals surface area contributed by atoms with E-state index in [1.807, 2.05) is 6.07 Å². The van der Waals surface area contributed by atoms with E-state index in [2.05, 4.69) is 0 Å². The predicted molar refractivity (Wildman–Crippen MR) is 102 cm³/mol. The van der Waals surface area contributed by atoms with Crippen LogP contribution >= 0.6 is 0 Å². The lowest BCUT2D eigenvalue weighted by Gasteiger charge is -2.28. The van der Waals surface area contributed by atoms with E-state index in [4.69, 9.17) is 14.2 Å². The molecule has 2 heterocycles. The first-order chi connectivity index (χ1) is 13.1. The Hall–Kier alpha value is -3.06. The Morgan fingerprint density at radius 1 is 1.07 bits per heavy atom. The monoisotopic (exact) mass is 370 g/mol. The molecule has 3 rings (SSSR count). The van der Waals surface area contributed by atoms with E-state index in [1.54, 1.807) is 55.7 Å². The minimum Gasteiger partial charge on any atom is -0.493 e. The van der Waals surface area contributed by atoms with Crippen LogP contribution < -0.4 is 15.0 Å². The van der Waals surface area contributed by atoms with Gasteiger partial charge in [0, 0.05) is 25.4 Å². The number of amides is 1. The van der Waals surface area contributed by atoms with Crippen molar-refractivity contribution in [2.24, 2.45) is 0 Å². The summed E-state index contributed by atoms with van der Waals surface area (Å²) in [5, 5.41) is 0. The van der Waals surface area contributed by atoms with Crippen LogP contribution in [0.3, 0.4) is 0 Å². The first-order valence-corrected chi connectivity index (χ1v) is 8.63. The molecule has 0 saturated carbocycles. The zero-order valence-electron chi connectivity index (χ0n) is 15.4. The smallest absolute Gasteiger partial charge is 0.271 e. The summed E-state index contributed by atoms with van der Waals surface area (Å²) in [4.78, 5) is 27.2. The van der Waals surface area contributed by atoms with Gasteiger partial charge in [0.05, 0.1) is 27.4 Å². The van der Waals surface area contributed by atoms with Crippen molar-refractivity contribution >= 4 is 17.7 Å². The predicted octanol–water partition coefficient (Wildman–Crippen LogP) is 1.72. The van der Waals surface area contributed by atoms with Gasteiger partial charge in [-0.1, -0.05) is 12.1 Å². The summed E-state index contributed by atoms with van der Waals surface area (Å²) in [7, 11) is 3.11. The largest absolute Gasteiger partial charge is 0.493 e. The maximum absolute atomic E-state index is 13.1. The molecular formula is C20H22N2O5. The number of benzene rings is 1. The van der Waals surface area contributed by atoms with Gasteiger partial charge in [0.15, 0.2) is 11.5 Å². The molecule has 1 aliphatic rings. The minimum atomic E-state index is -0.272. The van der Waals surface area contributed by atoms with Crippen molar-refractivity contribution in [3.63, 3.8) is 0 Å². The molecule has 7 nitrogen and oxygen atoms in total. The van der Waals surface area contributed by atoms with E-state index >= 15 is 0 Å². The number of hydrogen-bond donors (Lipinski definition) is 0. The summed E-state index contributed by atoms with van der Waals surface area (Å²) >= 11 is 0. The zero-order chi connectivity index (χ0) is 19.2. The van der Waals surface area contributed by atoms with Gasteiger partial charge in [-0.15, -0.1) is 0 Å². The Balaban J connectivity index is 2.06. The molecule has 7 heteroatoms. The second-order valence-corrected chi connectivity index (χ2v) is 5.96. The van der Waals surface area contributed by atoms with Crippen LogP contribution in [0, 0.1) is 0 Å². The van der Waals surface area contributed by atoms with Crippen LogP contribution in [-0.2, 0) is 9.53 Å². The summed E-state index contributed by atoms with van der Waals surface area (Å²) in [5.74, 6) is 0.916. The number of carbonyl (C=O) groups is 1. The van der Waals surface area contributed by atoms with E-state index in [0.29, 0.717) is 37.8 Å². The van der Waals surface area contributed by atoms with Crippen molar-refractivity contribution in [1.82, 2.24) is 9.47 Å². The SMILES string of the molecule is COc1ccc(/C=C(\C(=O)N2CCOCC2)n2ccccc2=O)cc1OC. The molecular weight excluding hydrogens is 348 g/mol. The molecule has 1 saturated heterocycles. The lowest BCUT2D eigenvalue weighted by atomic mass is 10.1. The molecule has 0 N–H and O–H groups in total. The maximum Gasteiger partial charge on any atom is 0.271 e. The third-order valence-corrected chi connectivity index (χ3v) is 4.31. The number of hydrogen-bond acceptors (Lipinski definition) is 5. The summed E-state index contributed by atoms with van der Waals surface area (Å²) in [6.07, 6.45) is 3.27. The fraction of sp³-hybridized carbons (Fsp3) is 0.300. The minimum absolute atomic E-state index is 0.221. The maximum atomic E-state index is 13.1. The third-order valence-electron chi connectivity index (χ3n) is 4.31. The van der Waals surface area contributed by atoms with Crippen molar-refractivity contribution in [1.29, 1.82) is 0 Å². The van der Waals surface area contributed by atoms with Crippen LogP contribution in [0.25, 0.3) is 11.8 Å². The van der Waals surface area contributed by atoms with Crippen LogP contribution in [-0.4, -0.2) is 55.9 Å². The van der Waals surface area contributed by atoms with E-state index in [0.717, 1.165) is 5.56 Å². The number of nitrogens with zero attached hydrogens (tertiary/aromatic N) is 2. The van der Waals surface area contributed by atoms with E-state index in [-0.39, 0.29) is 17.2 Å². The van der Waals surface area contributed by atoms with E-state index in [1.165, 1.54) is 10.6 Å². The Bertz CT molecular complexity index is 897. The van der Waals surface area contributed by atoms with Crippen LogP contribution in [0.5, 0.6) is 11.5 Å². The van der Waals surface area contributed by atoms with Gasteiger partial charge in [0.2, 0.25) is 0 Å². The van der Waals surface area contributed by atoms with Crippen LogP contribution in [0.15, 0.2) is 47.4 Å². The van der Waals surface area contributed by atoms with Gasteiger partial charge < -0.3 is 19.1 Å². The van der Waals surface area contributed by atoms with Crippen LogP contribution in [0.2, 0.25) is 0 Å². The standard InChI is InChI=1S/C20H22N2O5/c1-25-17-7-6-15(14-18(17)26-2)13-16(22-8-4-3-5-19(22)23)20(24)21-9-11-27-12-10-21/h3-8,13-14H,9-12H2,1-2H3/b16-13+. The summed E-state index contributed by atoms with van der Waals surface area (Å²) in [5.41, 5.74) is 0.723. The molecule has 0 aliphatic carbocycles. The van der Waals surface area contributed by atoms with Crippen LogP contribution in [0.1, 0.15) is 5.56 Å². The molecule has 27 heavy (non-hydrogen) atoms. The zero-order valence-corrected chi connectivity index (χ0v) is 15.4. The molecule has 1 aromatic heterocycles. The number of ether oxygens (including phenoxy) is 3. The second kappa shape index (κ2) is 8.55. The highest BCUT2D eigenvalue weighted by molar-refractivity contribution is 6.18. The Morgan fingerprint density at radius 3 is 2.48 bits per heavy atom. The highest BCUT2D eigenvalue weighted by atomic mass is 16.5. The van der Waals surface area contributed by atoms with E-state index in [9.17, 15) is 9.59 Å². The number of aromatic nitrogens is 1. The van der Waals surface area contributed by atoms with Crippen molar-refractivity contribution in [2.45, 2.75) is 0 Å². The Labute approximate surface area is 157 Å². The van der Waals surface area contributed by atoms with Gasteiger partial charge >= 0.3 is 0 Å². The van der Waals surface area contributed by atoms with E-state index < -0.39 is 0 Å². The average molecular weight is 370 g/mol. The van der Waals surface area contributed by atoms with Crippen molar-refractivity contribution in [3.8, 4) is 11.5 Å². The number of methoxy groups -OCH3 is 2. The van der Waals surface area contributed by atoms with Crippen LogP contribution in [0.4, 0.5) is 0 Å². The van der Waals surface area contributed by atoms with Crippen molar-refractivity contribution in [2.75, 3.05) is 40.5 Å². The van der Waals surface area contributed by atoms with Gasteiger partial charge in [-0.3, -0.25) is 14.2 Å². The normalized spacial score (nSPS) is 14.7. The molecule has 0 bridgehead atoms. The highest BCUT2D eigenvalue weighted by Gasteiger charge is 2.22. The molecule has 0 spiro atoms. The van der Waals surface area contributed by atoms with Crippen molar-refractivity contribution < 1.29 is 19.0 Å². The molecule has 142 valence electrons. The van der Waals surface area contributed by atoms with Gasteiger partial charge in [0.25, 0.3) is 11.5 Å². The summed E-state index contributed by atoms with van der Waals surface area (Å²) in [6, 6.07) is 10.1. The Kier molecular flexibility index (Phi) is 5.93. The van der Waals surface area contributed by atoms with Crippen molar-refractivity contribution in [3.05, 3.63) is 58.5 Å². The fourth-order valence-corrected chi connectivity index (χ4v) is 2.89. The number of rotatable bonds is 5. The van der Waals surface area contributed by atoms with Gasteiger partial charge in [-0.25, -0.2) is 0 Å². The first kappa shape index (κ1) is 18.7. The first-order valence-electron chi connectivity index (χ1n) is 8.63. The van der Waals surface area contributed by atoms with Gasteiger partial charge in [0.1, 0.15) is 5.70 Å². The molecule has 1 fully saturated rings. The number of pyridine rings is 1. The Morgan fingerprint density at radius 2 is 1.81 bits per heavy atom. The number of morpholine rings is 1. The van der Waals surface area contributed by atoms with Gasteiger partial charge in [-0.05, 0) is 29.8 Å². The molecule has 0 radical (unpaired) electrons. The molecule has 1 aliphatic heterocycles. The highest BCUT2D eigenvalue weighted by Crippen LogP contribution is 2.29. The molecule has 0 atom stereocenters. The quantitative estimate of drug-likeness (QED) is 0.750. The average Bonchev–Trinajstić information content (AvgIpc) is 2.72. The molecule has 1 aromatic carbocycles. The summed E-state index contributed by atoms with van der Waals surface area (Å²) < 4.78 is 17.3. The lowest BCUT2D eigenvalue weighted by molar-refractivity contribution is -0.129. The topological polar surface area (TPSA) is 70.0 Å². The third kappa shape index (κ3) is 4.20. The fourth-order valence-electron chi connectivity index (χ4n) is 2.89. The molecule has 1 amide bonds. The second-order valence-electron chi connectivity index (χ2n) is 5.96. The van der Waals surface area contributed by atoms with Gasteiger partial charge in [-0.2, -0.15) is 0 Å². The molecule has 0 unspecified atom stereocenters. The molecule has 2 aromatic rings. The summed E-state index contributed by atoms with van der Waals surface area (Å²) in [6.45, 7) is 1.95.